The van der Waals surface area contributed by atoms with E-state index in [0.717, 1.165) is 11.8 Å². The van der Waals surface area contributed by atoms with E-state index >= 15 is 0 Å². The summed E-state index contributed by atoms with van der Waals surface area (Å²) < 4.78 is 71.2. The summed E-state index contributed by atoms with van der Waals surface area (Å²) in [6.07, 6.45) is 7.72. The zero-order chi connectivity index (χ0) is 28.9. The van der Waals surface area contributed by atoms with Crippen LogP contribution < -0.4 is 10.2 Å². The van der Waals surface area contributed by atoms with Crippen LogP contribution in [-0.4, -0.2) is 92.5 Å². The summed E-state index contributed by atoms with van der Waals surface area (Å²) in [5.74, 6) is -3.88. The van der Waals surface area contributed by atoms with Gasteiger partial charge >= 0.3 is 0 Å². The van der Waals surface area contributed by atoms with Gasteiger partial charge in [0.25, 0.3) is 5.92 Å². The third-order valence-corrected chi connectivity index (χ3v) is 8.63. The average molecular weight is 597 g/mol. The first-order valence-corrected chi connectivity index (χ1v) is 16.3. The molecule has 222 valence electrons. The Morgan fingerprint density at radius 2 is 1.88 bits per heavy atom. The van der Waals surface area contributed by atoms with Crippen molar-refractivity contribution in [3.05, 3.63) is 41.4 Å². The van der Waals surface area contributed by atoms with Gasteiger partial charge in [0.2, 0.25) is 11.9 Å². The lowest BCUT2D eigenvalue weighted by atomic mass is 10.2. The summed E-state index contributed by atoms with van der Waals surface area (Å²) in [4.78, 5) is 15.6. The average Bonchev–Trinajstić information content (AvgIpc) is 3.24. The van der Waals surface area contributed by atoms with E-state index < -0.39 is 33.5 Å². The first kappa shape index (κ1) is 28.0. The molecule has 1 unspecified atom stereocenters. The van der Waals surface area contributed by atoms with Crippen molar-refractivity contribution in [3.63, 3.8) is 0 Å². The van der Waals surface area contributed by atoms with Gasteiger partial charge in [-0.2, -0.15) is 19.6 Å². The van der Waals surface area contributed by atoms with Crippen LogP contribution in [0.3, 0.4) is 0 Å². The lowest BCUT2D eigenvalue weighted by Gasteiger charge is -2.27. The molecule has 3 aromatic heterocycles. The van der Waals surface area contributed by atoms with E-state index in [1.807, 2.05) is 4.90 Å². The molecule has 1 aliphatic heterocycles. The monoisotopic (exact) mass is 596 g/mol. The Morgan fingerprint density at radius 1 is 1.12 bits per heavy atom. The second kappa shape index (κ2) is 10.6. The van der Waals surface area contributed by atoms with E-state index in [-0.39, 0.29) is 31.2 Å². The van der Waals surface area contributed by atoms with E-state index in [4.69, 9.17) is 9.47 Å². The molecule has 10 nitrogen and oxygen atoms in total. The molecular formula is C26H32F4N8O2S. The second-order valence-electron chi connectivity index (χ2n) is 11.2. The molecule has 1 N–H and O–H groups in total. The minimum Gasteiger partial charge on any atom is -0.378 e. The summed E-state index contributed by atoms with van der Waals surface area (Å²) in [6.45, 7) is 2.73. The molecule has 41 heavy (non-hydrogen) atoms. The Hall–Kier alpha value is -3.17. The molecule has 0 radical (unpaired) electrons. The number of benzene rings is 1. The maximum Gasteiger partial charge on any atom is 0.256 e. The lowest BCUT2D eigenvalue weighted by molar-refractivity contribution is 0.0905. The Morgan fingerprint density at radius 3 is 2.59 bits per heavy atom. The molecule has 1 saturated carbocycles. The first-order chi connectivity index (χ1) is 19.5. The van der Waals surface area contributed by atoms with Crippen molar-refractivity contribution in [1.29, 1.82) is 0 Å². The second-order valence-corrected chi connectivity index (χ2v) is 15.8. The van der Waals surface area contributed by atoms with Gasteiger partial charge in [0.05, 0.1) is 44.0 Å². The van der Waals surface area contributed by atoms with Gasteiger partial charge in [-0.15, -0.1) is 0 Å². The minimum atomic E-state index is -2.79. The molecule has 2 fully saturated rings. The van der Waals surface area contributed by atoms with Crippen LogP contribution in [0.1, 0.15) is 23.7 Å². The van der Waals surface area contributed by atoms with Crippen LogP contribution in [0.25, 0.3) is 16.7 Å². The van der Waals surface area contributed by atoms with Crippen molar-refractivity contribution >= 4 is 38.6 Å². The van der Waals surface area contributed by atoms with Gasteiger partial charge in [-0.1, -0.05) is 0 Å². The highest BCUT2D eigenvalue weighted by Crippen LogP contribution is 2.56. The quantitative estimate of drug-likeness (QED) is 0.217. The Labute approximate surface area is 235 Å². The third-order valence-electron chi connectivity index (χ3n) is 7.23. The lowest BCUT2D eigenvalue weighted by Crippen LogP contribution is -2.37. The third kappa shape index (κ3) is 5.66. The molecular weight excluding hydrogens is 564 g/mol. The predicted molar refractivity (Wildman–Crippen MR) is 149 cm³/mol. The summed E-state index contributed by atoms with van der Waals surface area (Å²) in [5.41, 5.74) is 0.934. The number of rotatable bonds is 10. The molecule has 1 aromatic carbocycles. The molecule has 6 rings (SSSR count). The predicted octanol–water partition coefficient (Wildman–Crippen LogP) is 3.99. The van der Waals surface area contributed by atoms with E-state index in [9.17, 15) is 17.6 Å². The molecule has 1 atom stereocenters. The zero-order valence-electron chi connectivity index (χ0n) is 23.0. The van der Waals surface area contributed by atoms with E-state index in [1.165, 1.54) is 16.8 Å². The minimum absolute atomic E-state index is 0.0487. The molecule has 2 aliphatic rings. The summed E-state index contributed by atoms with van der Waals surface area (Å²) in [7, 11) is -0.772. The highest BCUT2D eigenvalue weighted by molar-refractivity contribution is 8.32. The maximum atomic E-state index is 14.7. The van der Waals surface area contributed by atoms with E-state index in [2.05, 4.69) is 44.1 Å². The van der Waals surface area contributed by atoms with Crippen molar-refractivity contribution in [3.8, 4) is 0 Å². The molecule has 4 heterocycles. The number of hydrogen-bond acceptors (Lipinski definition) is 8. The molecule has 0 spiro atoms. The zero-order valence-corrected chi connectivity index (χ0v) is 23.9. The summed E-state index contributed by atoms with van der Waals surface area (Å²) in [5, 5.41) is 7.49. The van der Waals surface area contributed by atoms with Gasteiger partial charge in [-0.25, -0.2) is 32.6 Å². The summed E-state index contributed by atoms with van der Waals surface area (Å²) in [6, 6.07) is 2.53. The fourth-order valence-electron chi connectivity index (χ4n) is 4.78. The van der Waals surface area contributed by atoms with Crippen molar-refractivity contribution in [2.45, 2.75) is 31.5 Å². The van der Waals surface area contributed by atoms with Gasteiger partial charge in [0.1, 0.15) is 18.1 Å². The van der Waals surface area contributed by atoms with Gasteiger partial charge in [0.15, 0.2) is 17.3 Å². The number of fused-ring (bicyclic) bond motifs is 2. The number of nitrogens with zero attached hydrogens (tertiary/aromatic N) is 7. The molecule has 15 heteroatoms. The van der Waals surface area contributed by atoms with Crippen LogP contribution in [0, 0.1) is 11.6 Å². The fourth-order valence-corrected chi connectivity index (χ4v) is 5.40. The molecule has 0 bridgehead atoms. The Bertz CT molecular complexity index is 1580. The molecule has 4 aromatic rings. The van der Waals surface area contributed by atoms with Crippen LogP contribution in [-0.2, 0) is 22.7 Å². The smallest absolute Gasteiger partial charge is 0.256 e. The van der Waals surface area contributed by atoms with Gasteiger partial charge < -0.3 is 24.3 Å². The number of anilines is 2. The van der Waals surface area contributed by atoms with Gasteiger partial charge in [0, 0.05) is 30.8 Å². The van der Waals surface area contributed by atoms with Crippen molar-refractivity contribution in [2.75, 3.05) is 67.6 Å². The topological polar surface area (TPSA) is 94.6 Å². The number of halogens is 4. The van der Waals surface area contributed by atoms with Crippen LogP contribution in [0.2, 0.25) is 0 Å². The number of nitrogens with one attached hydrogen (secondary N) is 1. The number of ether oxygens (including phenoxy) is 2. The standard InChI is InChI=1S/C26H32F4N8O2S/c1-41(2,3)11-10-40-15-37-19-5-4-18(27)21(28)22(19)33-20(37)14-31-24-35-25(36-6-8-39-9-7-36)34-23-16(13-32-38(23)24)17-12-26(17,29)30/h4-5,13,17H,6-12,14-15H2,1-3H3,(H,31,34,35). The van der Waals surface area contributed by atoms with E-state index in [0.29, 0.717) is 61.4 Å². The van der Waals surface area contributed by atoms with Gasteiger partial charge in [-0.3, -0.25) is 0 Å². The number of aromatic nitrogens is 6. The van der Waals surface area contributed by atoms with Crippen LogP contribution in [0.15, 0.2) is 18.3 Å². The maximum absolute atomic E-state index is 14.7. The van der Waals surface area contributed by atoms with Crippen LogP contribution >= 0.6 is 10.0 Å². The number of imidazole rings is 1. The Balaban J connectivity index is 1.33. The number of hydrogen-bond donors (Lipinski definition) is 1. The normalized spacial score (nSPS) is 19.3. The van der Waals surface area contributed by atoms with Crippen LogP contribution in [0.5, 0.6) is 0 Å². The van der Waals surface area contributed by atoms with E-state index in [1.54, 1.807) is 4.57 Å². The highest BCUT2D eigenvalue weighted by atomic mass is 32.3. The Kier molecular flexibility index (Phi) is 7.22. The van der Waals surface area contributed by atoms with Crippen molar-refractivity contribution < 1.29 is 27.0 Å². The van der Waals surface area contributed by atoms with Gasteiger partial charge in [-0.05, 0) is 30.9 Å². The number of alkyl halides is 2. The molecule has 1 saturated heterocycles. The highest BCUT2D eigenvalue weighted by Gasteiger charge is 2.59. The first-order valence-electron chi connectivity index (χ1n) is 13.3. The largest absolute Gasteiger partial charge is 0.378 e. The molecule has 1 aliphatic carbocycles. The fraction of sp³-hybridized carbons (Fsp3) is 0.538. The van der Waals surface area contributed by atoms with Crippen LogP contribution in [0.4, 0.5) is 29.5 Å². The number of morpholine rings is 1. The SMILES string of the molecule is CS(C)(C)CCOCn1c(CNc2nc(N3CCOCC3)nc3c(C4CC4(F)F)cnn23)nc2c(F)c(F)ccc21. The summed E-state index contributed by atoms with van der Waals surface area (Å²) >= 11 is 0. The van der Waals surface area contributed by atoms with Crippen molar-refractivity contribution in [2.24, 2.45) is 0 Å². The molecule has 0 amide bonds. The van der Waals surface area contributed by atoms with Crippen molar-refractivity contribution in [1.82, 2.24) is 29.1 Å².